The third-order valence-electron chi connectivity index (χ3n) is 9.61. The monoisotopic (exact) mass is 510 g/mol. The maximum Gasteiger partial charge on any atom is 0.168 e. The lowest BCUT2D eigenvalue weighted by Gasteiger charge is -2.25. The van der Waals surface area contributed by atoms with Gasteiger partial charge in [-0.2, -0.15) is 0 Å². The van der Waals surface area contributed by atoms with Gasteiger partial charge >= 0.3 is 0 Å². The van der Waals surface area contributed by atoms with E-state index in [2.05, 4.69) is 133 Å². The lowest BCUT2D eigenvalue weighted by molar-refractivity contribution is 0.430. The van der Waals surface area contributed by atoms with Crippen molar-refractivity contribution in [2.45, 2.75) is 52.4 Å². The van der Waals surface area contributed by atoms with Crippen LogP contribution in [-0.4, -0.2) is 19.3 Å². The highest BCUT2D eigenvalue weighted by Crippen LogP contribution is 2.69. The van der Waals surface area contributed by atoms with Crippen LogP contribution < -0.4 is 0 Å². The molecule has 2 heterocycles. The molecule has 4 nitrogen and oxygen atoms in total. The average Bonchev–Trinajstić information content (AvgIpc) is 3.24. The van der Waals surface area contributed by atoms with E-state index in [0.29, 0.717) is 0 Å². The van der Waals surface area contributed by atoms with Crippen molar-refractivity contribution in [2.24, 2.45) is 5.41 Å². The van der Waals surface area contributed by atoms with Crippen molar-refractivity contribution in [1.82, 2.24) is 19.3 Å². The van der Waals surface area contributed by atoms with Crippen LogP contribution >= 0.6 is 0 Å². The van der Waals surface area contributed by atoms with Crippen molar-refractivity contribution in [3.05, 3.63) is 108 Å². The normalized spacial score (nSPS) is 20.6. The minimum absolute atomic E-state index is 0.103. The van der Waals surface area contributed by atoms with Gasteiger partial charge in [0.1, 0.15) is 6.33 Å². The van der Waals surface area contributed by atoms with Gasteiger partial charge in [-0.25, -0.2) is 0 Å². The summed E-state index contributed by atoms with van der Waals surface area (Å²) in [5, 5.41) is 11.7. The molecule has 6 aromatic rings. The molecule has 0 spiro atoms. The fourth-order valence-corrected chi connectivity index (χ4v) is 7.13. The minimum Gasteiger partial charge on any atom is -0.309 e. The third-order valence-corrected chi connectivity index (χ3v) is 9.61. The molecule has 1 unspecified atom stereocenters. The molecule has 0 saturated heterocycles. The SMILES string of the molecule is CCC1(c2cc3c(cc2-c2nncn2-c2ccccc2C)c2ccccc2n3-c2ccccc2)C[C@@]1(C)CC. The summed E-state index contributed by atoms with van der Waals surface area (Å²) in [5.74, 6) is 0.913. The average molecular weight is 511 g/mol. The predicted molar refractivity (Wildman–Crippen MR) is 161 cm³/mol. The maximum absolute atomic E-state index is 4.77. The van der Waals surface area contributed by atoms with Crippen molar-refractivity contribution in [2.75, 3.05) is 0 Å². The maximum atomic E-state index is 4.77. The number of hydrogen-bond acceptors (Lipinski definition) is 2. The van der Waals surface area contributed by atoms with E-state index in [1.54, 1.807) is 0 Å². The lowest BCUT2D eigenvalue weighted by atomic mass is 9.80. The second-order valence-electron chi connectivity index (χ2n) is 11.4. The quantitative estimate of drug-likeness (QED) is 0.224. The molecule has 2 aromatic heterocycles. The molecule has 1 saturated carbocycles. The number of rotatable bonds is 6. The zero-order valence-corrected chi connectivity index (χ0v) is 23.1. The molecule has 1 aliphatic rings. The molecule has 7 rings (SSSR count). The highest BCUT2D eigenvalue weighted by molar-refractivity contribution is 6.11. The van der Waals surface area contributed by atoms with E-state index >= 15 is 0 Å². The molecular formula is C35H34N4. The van der Waals surface area contributed by atoms with Crippen molar-refractivity contribution >= 4 is 21.8 Å². The van der Waals surface area contributed by atoms with Crippen LogP contribution in [0.2, 0.25) is 0 Å². The first-order chi connectivity index (χ1) is 19.0. The van der Waals surface area contributed by atoms with Crippen LogP contribution in [0, 0.1) is 12.3 Å². The first-order valence-electron chi connectivity index (χ1n) is 14.1. The van der Waals surface area contributed by atoms with Crippen molar-refractivity contribution in [3.8, 4) is 22.8 Å². The second kappa shape index (κ2) is 8.67. The summed E-state index contributed by atoms with van der Waals surface area (Å²) in [6.07, 6.45) is 5.31. The van der Waals surface area contributed by atoms with Crippen LogP contribution in [0.3, 0.4) is 0 Å². The van der Waals surface area contributed by atoms with Crippen molar-refractivity contribution < 1.29 is 0 Å². The molecule has 1 aliphatic carbocycles. The Labute approximate surface area is 229 Å². The van der Waals surface area contributed by atoms with Gasteiger partial charge in [-0.3, -0.25) is 4.57 Å². The first-order valence-corrected chi connectivity index (χ1v) is 14.1. The van der Waals surface area contributed by atoms with E-state index in [4.69, 9.17) is 5.10 Å². The molecule has 0 bridgehead atoms. The number of benzene rings is 4. The molecule has 0 N–H and O–H groups in total. The predicted octanol–water partition coefficient (Wildman–Crippen LogP) is 8.81. The largest absolute Gasteiger partial charge is 0.309 e. The van der Waals surface area contributed by atoms with E-state index < -0.39 is 0 Å². The van der Waals surface area contributed by atoms with Gasteiger partial charge in [0, 0.05) is 27.4 Å². The molecule has 39 heavy (non-hydrogen) atoms. The van der Waals surface area contributed by atoms with Gasteiger partial charge in [-0.1, -0.05) is 75.4 Å². The standard InChI is InChI=1S/C35H34N4/c1-5-34(4)22-35(34,6-2)29-21-32-27(26-17-11-13-19-31(26)39(32)25-15-8-7-9-16-25)20-28(29)33-37-36-23-38(33)30-18-12-10-14-24(30)3/h7-21,23H,5-6,22H2,1-4H3/t34-,35?/m1/s1. The Morgan fingerprint density at radius 3 is 2.28 bits per heavy atom. The smallest absolute Gasteiger partial charge is 0.168 e. The first kappa shape index (κ1) is 23.9. The Hall–Kier alpha value is -4.18. The molecule has 4 heteroatoms. The highest BCUT2D eigenvalue weighted by atomic mass is 15.3. The van der Waals surface area contributed by atoms with Crippen molar-refractivity contribution in [1.29, 1.82) is 0 Å². The van der Waals surface area contributed by atoms with Gasteiger partial charge in [-0.05, 0) is 79.1 Å². The Balaban J connectivity index is 1.60. The van der Waals surface area contributed by atoms with Gasteiger partial charge < -0.3 is 4.57 Å². The van der Waals surface area contributed by atoms with Crippen LogP contribution in [0.5, 0.6) is 0 Å². The van der Waals surface area contributed by atoms with E-state index in [1.165, 1.54) is 50.6 Å². The van der Waals surface area contributed by atoms with E-state index in [1.807, 2.05) is 6.33 Å². The summed E-state index contributed by atoms with van der Waals surface area (Å²) >= 11 is 0. The lowest BCUT2D eigenvalue weighted by Crippen LogP contribution is -2.17. The summed E-state index contributed by atoms with van der Waals surface area (Å²) in [6.45, 7) is 9.31. The summed E-state index contributed by atoms with van der Waals surface area (Å²) in [6, 6.07) is 32.9. The van der Waals surface area contributed by atoms with Crippen LogP contribution in [0.1, 0.15) is 51.2 Å². The highest BCUT2D eigenvalue weighted by Gasteiger charge is 2.63. The zero-order valence-electron chi connectivity index (χ0n) is 23.1. The van der Waals surface area contributed by atoms with Gasteiger partial charge in [0.05, 0.1) is 16.7 Å². The number of hydrogen-bond donors (Lipinski definition) is 0. The van der Waals surface area contributed by atoms with Gasteiger partial charge in [0.25, 0.3) is 0 Å². The summed E-state index contributed by atoms with van der Waals surface area (Å²) in [7, 11) is 0. The fourth-order valence-electron chi connectivity index (χ4n) is 7.13. The van der Waals surface area contributed by atoms with Gasteiger partial charge in [-0.15, -0.1) is 10.2 Å². The number of fused-ring (bicyclic) bond motifs is 3. The molecule has 0 radical (unpaired) electrons. The fraction of sp³-hybridized carbons (Fsp3) is 0.257. The van der Waals surface area contributed by atoms with Crippen molar-refractivity contribution in [3.63, 3.8) is 0 Å². The topological polar surface area (TPSA) is 35.6 Å². The van der Waals surface area contributed by atoms with Crippen LogP contribution in [-0.2, 0) is 5.41 Å². The number of nitrogens with zero attached hydrogens (tertiary/aromatic N) is 4. The Kier molecular flexibility index (Phi) is 5.31. The Bertz CT molecular complexity index is 1840. The zero-order chi connectivity index (χ0) is 26.8. The molecule has 2 atom stereocenters. The number of aromatic nitrogens is 4. The molecule has 0 amide bonds. The Morgan fingerprint density at radius 2 is 1.54 bits per heavy atom. The van der Waals surface area contributed by atoms with Gasteiger partial charge in [0.2, 0.25) is 0 Å². The molecule has 4 aromatic carbocycles. The number of para-hydroxylation sites is 3. The van der Waals surface area contributed by atoms with Crippen LogP contribution in [0.4, 0.5) is 0 Å². The molecule has 0 aliphatic heterocycles. The molecule has 1 fully saturated rings. The van der Waals surface area contributed by atoms with E-state index in [0.717, 1.165) is 24.4 Å². The van der Waals surface area contributed by atoms with Crippen LogP contribution in [0.15, 0.2) is 97.3 Å². The summed E-state index contributed by atoms with van der Waals surface area (Å²) in [4.78, 5) is 0. The minimum atomic E-state index is 0.103. The summed E-state index contributed by atoms with van der Waals surface area (Å²) < 4.78 is 4.60. The Morgan fingerprint density at radius 1 is 0.795 bits per heavy atom. The second-order valence-corrected chi connectivity index (χ2v) is 11.4. The van der Waals surface area contributed by atoms with E-state index in [-0.39, 0.29) is 10.8 Å². The van der Waals surface area contributed by atoms with Gasteiger partial charge in [0.15, 0.2) is 5.82 Å². The van der Waals surface area contributed by atoms with E-state index in [9.17, 15) is 0 Å². The molecule has 194 valence electrons. The molecular weight excluding hydrogens is 476 g/mol. The van der Waals surface area contributed by atoms with Crippen LogP contribution in [0.25, 0.3) is 44.6 Å². The summed E-state index contributed by atoms with van der Waals surface area (Å²) in [5.41, 5.74) is 8.94. The third kappa shape index (κ3) is 3.37. The number of aryl methyl sites for hydroxylation is 1.